The predicted octanol–water partition coefficient (Wildman–Crippen LogP) is 3.83. The lowest BCUT2D eigenvalue weighted by Gasteiger charge is -2.19. The van der Waals surface area contributed by atoms with Gasteiger partial charge in [-0.05, 0) is 42.5 Å². The van der Waals surface area contributed by atoms with E-state index < -0.39 is 15.7 Å². The van der Waals surface area contributed by atoms with Crippen LogP contribution >= 0.6 is 11.3 Å². The lowest BCUT2D eigenvalue weighted by Crippen LogP contribution is -2.21. The van der Waals surface area contributed by atoms with E-state index in [1.54, 1.807) is 29.8 Å². The number of carbonyl (C=O) groups excluding carboxylic acids is 2. The van der Waals surface area contributed by atoms with Crippen LogP contribution in [0.2, 0.25) is 0 Å². The maximum absolute atomic E-state index is 13.0. The van der Waals surface area contributed by atoms with Gasteiger partial charge >= 0.3 is 0 Å². The maximum Gasteiger partial charge on any atom is 0.257 e. The third-order valence-electron chi connectivity index (χ3n) is 4.85. The maximum atomic E-state index is 13.0. The summed E-state index contributed by atoms with van der Waals surface area (Å²) in [5.74, 6) is -0.904. The second-order valence-corrected chi connectivity index (χ2v) is 9.49. The minimum atomic E-state index is -3.92. The zero-order valence-corrected chi connectivity index (χ0v) is 17.4. The van der Waals surface area contributed by atoms with Crippen molar-refractivity contribution in [3.8, 4) is 11.4 Å². The molecule has 0 fully saturated rings. The summed E-state index contributed by atoms with van der Waals surface area (Å²) in [6.45, 7) is 0. The standard InChI is InChI=1S/C22H13N3O4S2/c26-20-14-5-1-2-7-18(14)31(28,29)19-11-13(8-9-15(19)20)21(27)25-22-24-17(12-30-22)16-6-3-4-10-23-16/h1-12H,(H,24,25,27). The summed E-state index contributed by atoms with van der Waals surface area (Å²) in [6.07, 6.45) is 1.65. The summed E-state index contributed by atoms with van der Waals surface area (Å²) < 4.78 is 26.1. The molecule has 0 bridgehead atoms. The molecule has 1 aliphatic heterocycles. The van der Waals surface area contributed by atoms with Gasteiger partial charge in [-0.25, -0.2) is 13.4 Å². The van der Waals surface area contributed by atoms with E-state index in [4.69, 9.17) is 0 Å². The van der Waals surface area contributed by atoms with Crippen molar-refractivity contribution in [3.63, 3.8) is 0 Å². The molecule has 1 aliphatic rings. The Bertz CT molecular complexity index is 1460. The van der Waals surface area contributed by atoms with Gasteiger partial charge in [-0.3, -0.25) is 19.9 Å². The van der Waals surface area contributed by atoms with Gasteiger partial charge in [0.1, 0.15) is 5.69 Å². The second kappa shape index (κ2) is 7.22. The number of aromatic nitrogens is 2. The Morgan fingerprint density at radius 2 is 1.68 bits per heavy atom. The Hall–Kier alpha value is -3.69. The fourth-order valence-electron chi connectivity index (χ4n) is 3.36. The zero-order chi connectivity index (χ0) is 21.6. The number of hydrogen-bond acceptors (Lipinski definition) is 7. The van der Waals surface area contributed by atoms with E-state index in [0.717, 1.165) is 0 Å². The molecule has 5 rings (SSSR count). The number of nitrogens with zero attached hydrogens (tertiary/aromatic N) is 2. The van der Waals surface area contributed by atoms with Gasteiger partial charge in [0.25, 0.3) is 5.91 Å². The molecule has 2 aromatic carbocycles. The van der Waals surface area contributed by atoms with Crippen molar-refractivity contribution < 1.29 is 18.0 Å². The van der Waals surface area contributed by atoms with E-state index in [0.29, 0.717) is 16.5 Å². The van der Waals surface area contributed by atoms with E-state index in [2.05, 4.69) is 15.3 Å². The first-order valence-electron chi connectivity index (χ1n) is 9.16. The van der Waals surface area contributed by atoms with Crippen molar-refractivity contribution in [1.29, 1.82) is 0 Å². The zero-order valence-electron chi connectivity index (χ0n) is 15.8. The Morgan fingerprint density at radius 1 is 0.903 bits per heavy atom. The summed E-state index contributed by atoms with van der Waals surface area (Å²) in [5, 5.41) is 4.80. The lowest BCUT2D eigenvalue weighted by atomic mass is 10.0. The molecule has 3 heterocycles. The van der Waals surface area contributed by atoms with Crippen molar-refractivity contribution in [2.45, 2.75) is 9.79 Å². The Balaban J connectivity index is 1.46. The summed E-state index contributed by atoms with van der Waals surface area (Å²) in [4.78, 5) is 33.8. The number of nitrogens with one attached hydrogen (secondary N) is 1. The summed E-state index contributed by atoms with van der Waals surface area (Å²) in [5.41, 5.74) is 1.61. The van der Waals surface area contributed by atoms with Gasteiger partial charge < -0.3 is 0 Å². The second-order valence-electron chi connectivity index (χ2n) is 6.75. The van der Waals surface area contributed by atoms with Gasteiger partial charge in [0, 0.05) is 28.3 Å². The number of sulfone groups is 1. The largest absolute Gasteiger partial charge is 0.298 e. The smallest absolute Gasteiger partial charge is 0.257 e. The Labute approximate surface area is 181 Å². The molecule has 9 heteroatoms. The molecule has 0 radical (unpaired) electrons. The number of anilines is 1. The van der Waals surface area contributed by atoms with Gasteiger partial charge in [0.05, 0.1) is 15.5 Å². The molecular weight excluding hydrogens is 434 g/mol. The van der Waals surface area contributed by atoms with Crippen molar-refractivity contribution >= 4 is 38.0 Å². The van der Waals surface area contributed by atoms with E-state index in [9.17, 15) is 18.0 Å². The topological polar surface area (TPSA) is 106 Å². The van der Waals surface area contributed by atoms with Crippen molar-refractivity contribution in [2.24, 2.45) is 0 Å². The third-order valence-corrected chi connectivity index (χ3v) is 7.46. The number of rotatable bonds is 3. The van der Waals surface area contributed by atoms with Gasteiger partial charge in [-0.1, -0.05) is 18.2 Å². The molecule has 152 valence electrons. The normalized spacial score (nSPS) is 13.9. The van der Waals surface area contributed by atoms with Crippen molar-refractivity contribution in [3.05, 3.63) is 88.9 Å². The number of ketones is 1. The van der Waals surface area contributed by atoms with Crippen LogP contribution in [0.4, 0.5) is 5.13 Å². The number of pyridine rings is 1. The number of amides is 1. The van der Waals surface area contributed by atoms with Gasteiger partial charge in [-0.2, -0.15) is 0 Å². The molecule has 0 aliphatic carbocycles. The summed E-state index contributed by atoms with van der Waals surface area (Å²) in [6, 6.07) is 15.6. The van der Waals surface area contributed by atoms with E-state index >= 15 is 0 Å². The summed E-state index contributed by atoms with van der Waals surface area (Å²) >= 11 is 1.23. The molecule has 4 aromatic rings. The van der Waals surface area contributed by atoms with Crippen LogP contribution in [0, 0.1) is 0 Å². The van der Waals surface area contributed by atoms with Crippen LogP contribution in [-0.4, -0.2) is 30.1 Å². The van der Waals surface area contributed by atoms with Crippen LogP contribution in [0.15, 0.2) is 82.0 Å². The van der Waals surface area contributed by atoms with Crippen molar-refractivity contribution in [1.82, 2.24) is 9.97 Å². The van der Waals surface area contributed by atoms with Crippen LogP contribution in [-0.2, 0) is 9.84 Å². The highest BCUT2D eigenvalue weighted by molar-refractivity contribution is 7.91. The first kappa shape index (κ1) is 19.3. The average Bonchev–Trinajstić information content (AvgIpc) is 3.26. The third kappa shape index (κ3) is 3.24. The minimum Gasteiger partial charge on any atom is -0.298 e. The highest BCUT2D eigenvalue weighted by Crippen LogP contribution is 2.35. The van der Waals surface area contributed by atoms with Gasteiger partial charge in [-0.15, -0.1) is 11.3 Å². The van der Waals surface area contributed by atoms with Crippen LogP contribution in [0.5, 0.6) is 0 Å². The molecule has 0 unspecified atom stereocenters. The fraction of sp³-hybridized carbons (Fsp3) is 0. The molecule has 1 amide bonds. The Kier molecular flexibility index (Phi) is 4.49. The number of thiazole rings is 1. The highest BCUT2D eigenvalue weighted by atomic mass is 32.2. The van der Waals surface area contributed by atoms with Crippen molar-refractivity contribution in [2.75, 3.05) is 5.32 Å². The van der Waals surface area contributed by atoms with Gasteiger partial charge in [0.2, 0.25) is 9.84 Å². The highest BCUT2D eigenvalue weighted by Gasteiger charge is 2.35. The monoisotopic (exact) mass is 447 g/mol. The number of carbonyl (C=O) groups is 2. The molecule has 1 N–H and O–H groups in total. The molecule has 2 aromatic heterocycles. The number of fused-ring (bicyclic) bond motifs is 2. The van der Waals surface area contributed by atoms with Crippen LogP contribution in [0.3, 0.4) is 0 Å². The molecule has 0 spiro atoms. The van der Waals surface area contributed by atoms with Crippen LogP contribution in [0.25, 0.3) is 11.4 Å². The van der Waals surface area contributed by atoms with E-state index in [1.807, 2.05) is 12.1 Å². The summed E-state index contributed by atoms with van der Waals surface area (Å²) in [7, 11) is -3.92. The Morgan fingerprint density at radius 3 is 2.48 bits per heavy atom. The predicted molar refractivity (Wildman–Crippen MR) is 115 cm³/mol. The minimum absolute atomic E-state index is 0.0509. The molecule has 0 atom stereocenters. The molecule has 0 saturated carbocycles. The van der Waals surface area contributed by atoms with E-state index in [1.165, 1.54) is 41.7 Å². The molecular formula is C22H13N3O4S2. The SMILES string of the molecule is O=C(Nc1nc(-c2ccccn2)cs1)c1ccc2c(c1)S(=O)(=O)c1ccccc1C2=O. The molecule has 0 saturated heterocycles. The van der Waals surface area contributed by atoms with Crippen LogP contribution in [0.1, 0.15) is 26.3 Å². The molecule has 31 heavy (non-hydrogen) atoms. The first-order chi connectivity index (χ1) is 14.9. The first-order valence-corrected chi connectivity index (χ1v) is 11.5. The number of benzene rings is 2. The lowest BCUT2D eigenvalue weighted by molar-refractivity contribution is 0.101. The quantitative estimate of drug-likeness (QED) is 0.450. The average molecular weight is 447 g/mol. The molecule has 7 nitrogen and oxygen atoms in total. The van der Waals surface area contributed by atoms with Gasteiger partial charge in [0.15, 0.2) is 10.9 Å². The van der Waals surface area contributed by atoms with E-state index in [-0.39, 0.29) is 32.3 Å². The number of hydrogen-bond donors (Lipinski definition) is 1. The van der Waals surface area contributed by atoms with Crippen LogP contribution < -0.4 is 5.32 Å². The fourth-order valence-corrected chi connectivity index (χ4v) is 5.73.